The Hall–Kier alpha value is -2.24. The first-order valence-electron chi connectivity index (χ1n) is 8.54. The van der Waals surface area contributed by atoms with Crippen LogP contribution in [0.3, 0.4) is 0 Å². The van der Waals surface area contributed by atoms with E-state index in [2.05, 4.69) is 21.3 Å². The molecule has 1 aliphatic heterocycles. The van der Waals surface area contributed by atoms with Crippen LogP contribution >= 0.6 is 11.3 Å². The van der Waals surface area contributed by atoms with Crippen LogP contribution in [0.15, 0.2) is 12.3 Å². The predicted octanol–water partition coefficient (Wildman–Crippen LogP) is 2.55. The summed E-state index contributed by atoms with van der Waals surface area (Å²) in [6.45, 7) is 2.02. The summed E-state index contributed by atoms with van der Waals surface area (Å²) >= 11 is 1.52. The Kier molecular flexibility index (Phi) is 4.51. The first-order chi connectivity index (χ1) is 12.3. The number of hydrogen-bond donors (Lipinski definition) is 1. The van der Waals surface area contributed by atoms with Crippen molar-refractivity contribution >= 4 is 38.4 Å². The maximum Gasteiger partial charge on any atom is 0.228 e. The molecule has 8 heteroatoms. The molecule has 3 heterocycles. The number of fused-ring (bicyclic) bond motifs is 1. The molecule has 2 fully saturated rings. The third kappa shape index (κ3) is 3.43. The maximum atomic E-state index is 12.1. The number of carbonyl (C=O) groups is 1. The first kappa shape index (κ1) is 16.2. The lowest BCUT2D eigenvalue weighted by molar-refractivity contribution is -0.117. The molecule has 2 aromatic rings. The quantitative estimate of drug-likeness (QED) is 0.854. The third-order valence-corrected chi connectivity index (χ3v) is 5.65. The zero-order chi connectivity index (χ0) is 17.2. The highest BCUT2D eigenvalue weighted by molar-refractivity contribution is 7.22. The highest BCUT2D eigenvalue weighted by atomic mass is 32.1. The van der Waals surface area contributed by atoms with Crippen molar-refractivity contribution in [3.8, 4) is 6.07 Å². The van der Waals surface area contributed by atoms with Crippen LogP contribution in [0, 0.1) is 17.2 Å². The second-order valence-electron chi connectivity index (χ2n) is 6.39. The van der Waals surface area contributed by atoms with Gasteiger partial charge in [-0.3, -0.25) is 4.79 Å². The van der Waals surface area contributed by atoms with Crippen LogP contribution in [-0.4, -0.2) is 41.7 Å². The number of hydrogen-bond acceptors (Lipinski definition) is 7. The van der Waals surface area contributed by atoms with Gasteiger partial charge in [-0.1, -0.05) is 11.3 Å². The van der Waals surface area contributed by atoms with Crippen molar-refractivity contribution in [2.75, 3.05) is 30.0 Å². The summed E-state index contributed by atoms with van der Waals surface area (Å²) < 4.78 is 6.39. The second kappa shape index (κ2) is 6.94. The smallest absolute Gasteiger partial charge is 0.228 e. The lowest BCUT2D eigenvalue weighted by Crippen LogP contribution is -2.36. The molecule has 1 aliphatic carbocycles. The number of nitriles is 1. The molecule has 0 spiro atoms. The summed E-state index contributed by atoms with van der Waals surface area (Å²) in [4.78, 5) is 23.3. The number of anilines is 2. The largest absolute Gasteiger partial charge is 0.379 e. The van der Waals surface area contributed by atoms with E-state index in [-0.39, 0.29) is 17.9 Å². The van der Waals surface area contributed by atoms with Crippen LogP contribution in [0.5, 0.6) is 0 Å². The van der Waals surface area contributed by atoms with Gasteiger partial charge in [0.2, 0.25) is 5.91 Å². The summed E-state index contributed by atoms with van der Waals surface area (Å²) in [5.41, 5.74) is 0.821. The number of ether oxygens (including phenoxy) is 1. The lowest BCUT2D eigenvalue weighted by atomic mass is 10.2. The summed E-state index contributed by atoms with van der Waals surface area (Å²) in [5.74, 6) is 0.758. The van der Waals surface area contributed by atoms with Crippen LogP contribution in [0.2, 0.25) is 0 Å². The molecular formula is C17H19N5O2S. The monoisotopic (exact) mass is 357 g/mol. The number of amides is 1. The van der Waals surface area contributed by atoms with Gasteiger partial charge in [0.05, 0.1) is 35.4 Å². The molecule has 2 aromatic heterocycles. The number of rotatable bonds is 6. The van der Waals surface area contributed by atoms with E-state index in [0.717, 1.165) is 41.2 Å². The Labute approximate surface area is 149 Å². The van der Waals surface area contributed by atoms with Crippen LogP contribution in [-0.2, 0) is 9.53 Å². The van der Waals surface area contributed by atoms with E-state index in [1.165, 1.54) is 11.3 Å². The van der Waals surface area contributed by atoms with E-state index in [0.29, 0.717) is 25.4 Å². The Morgan fingerprint density at radius 2 is 2.36 bits per heavy atom. The summed E-state index contributed by atoms with van der Waals surface area (Å²) in [6, 6.07) is 4.31. The van der Waals surface area contributed by atoms with Gasteiger partial charge in [0.1, 0.15) is 0 Å². The number of thiazole rings is 1. The lowest BCUT2D eigenvalue weighted by Gasteiger charge is -2.26. The van der Waals surface area contributed by atoms with Crippen molar-refractivity contribution in [1.82, 2.24) is 9.97 Å². The second-order valence-corrected chi connectivity index (χ2v) is 7.36. The fourth-order valence-corrected chi connectivity index (χ4v) is 4.10. The maximum absolute atomic E-state index is 12.1. The van der Waals surface area contributed by atoms with E-state index >= 15 is 0 Å². The van der Waals surface area contributed by atoms with Crippen molar-refractivity contribution in [2.45, 2.75) is 31.7 Å². The molecule has 1 atom stereocenters. The predicted molar refractivity (Wildman–Crippen MR) is 95.6 cm³/mol. The number of nitrogens with zero attached hydrogens (tertiary/aromatic N) is 4. The highest BCUT2D eigenvalue weighted by Crippen LogP contribution is 2.36. The average Bonchev–Trinajstić information content (AvgIpc) is 3.16. The molecule has 1 saturated carbocycles. The van der Waals surface area contributed by atoms with E-state index in [9.17, 15) is 4.79 Å². The van der Waals surface area contributed by atoms with E-state index in [1.54, 1.807) is 6.20 Å². The zero-order valence-corrected chi connectivity index (χ0v) is 14.6. The third-order valence-electron chi connectivity index (χ3n) is 4.54. The minimum atomic E-state index is 0.0421. The average molecular weight is 357 g/mol. The van der Waals surface area contributed by atoms with Crippen molar-refractivity contribution in [2.24, 2.45) is 5.92 Å². The molecule has 4 rings (SSSR count). The Morgan fingerprint density at radius 1 is 1.48 bits per heavy atom. The standard InChI is InChI=1S/C17H19N5O2S/c18-6-1-8-22(12-5-9-24-10-12)17-20-13-4-7-19-15(14(13)25-17)21-16(23)11-2-3-11/h4,7,11-12H,1-3,5,8-10H2,(H,19,21,23). The molecule has 1 N–H and O–H groups in total. The summed E-state index contributed by atoms with van der Waals surface area (Å²) in [7, 11) is 0. The fraction of sp³-hybridized carbons (Fsp3) is 0.529. The van der Waals surface area contributed by atoms with Gasteiger partial charge in [0, 0.05) is 25.3 Å². The summed E-state index contributed by atoms with van der Waals surface area (Å²) in [5, 5.41) is 12.8. The van der Waals surface area contributed by atoms with Crippen LogP contribution < -0.4 is 10.2 Å². The SMILES string of the molecule is N#CCCN(c1nc2ccnc(NC(=O)C3CC3)c2s1)C1CCOC1. The molecule has 0 aromatic carbocycles. The molecule has 130 valence electrons. The van der Waals surface area contributed by atoms with E-state index in [1.807, 2.05) is 6.07 Å². The van der Waals surface area contributed by atoms with Gasteiger partial charge in [-0.2, -0.15) is 5.26 Å². The number of aromatic nitrogens is 2. The highest BCUT2D eigenvalue weighted by Gasteiger charge is 2.31. The summed E-state index contributed by atoms with van der Waals surface area (Å²) in [6.07, 6.45) is 4.96. The molecular weight excluding hydrogens is 338 g/mol. The molecule has 1 unspecified atom stereocenters. The van der Waals surface area contributed by atoms with E-state index in [4.69, 9.17) is 15.0 Å². The number of pyridine rings is 1. The van der Waals surface area contributed by atoms with Crippen molar-refractivity contribution in [3.05, 3.63) is 12.3 Å². The molecule has 25 heavy (non-hydrogen) atoms. The molecule has 0 radical (unpaired) electrons. The molecule has 1 saturated heterocycles. The topological polar surface area (TPSA) is 91.1 Å². The minimum absolute atomic E-state index is 0.0421. The van der Waals surface area contributed by atoms with Crippen molar-refractivity contribution < 1.29 is 9.53 Å². The van der Waals surface area contributed by atoms with Gasteiger partial charge in [-0.15, -0.1) is 0 Å². The molecule has 0 bridgehead atoms. The van der Waals surface area contributed by atoms with Gasteiger partial charge in [-0.25, -0.2) is 9.97 Å². The van der Waals surface area contributed by atoms with Gasteiger partial charge in [-0.05, 0) is 25.3 Å². The van der Waals surface area contributed by atoms with Crippen molar-refractivity contribution in [3.63, 3.8) is 0 Å². The van der Waals surface area contributed by atoms with Gasteiger partial charge >= 0.3 is 0 Å². The van der Waals surface area contributed by atoms with Crippen LogP contribution in [0.4, 0.5) is 10.9 Å². The molecule has 1 amide bonds. The van der Waals surface area contributed by atoms with Gasteiger partial charge in [0.25, 0.3) is 0 Å². The molecule has 7 nitrogen and oxygen atoms in total. The van der Waals surface area contributed by atoms with Gasteiger partial charge in [0.15, 0.2) is 10.9 Å². The van der Waals surface area contributed by atoms with E-state index < -0.39 is 0 Å². The Morgan fingerprint density at radius 3 is 3.08 bits per heavy atom. The normalized spacial score (nSPS) is 19.7. The van der Waals surface area contributed by atoms with Crippen molar-refractivity contribution in [1.29, 1.82) is 5.26 Å². The minimum Gasteiger partial charge on any atom is -0.379 e. The van der Waals surface area contributed by atoms with Crippen LogP contribution in [0.25, 0.3) is 10.2 Å². The number of nitrogens with one attached hydrogen (secondary N) is 1. The number of carbonyl (C=O) groups excluding carboxylic acids is 1. The van der Waals surface area contributed by atoms with Crippen LogP contribution in [0.1, 0.15) is 25.7 Å². The zero-order valence-electron chi connectivity index (χ0n) is 13.8. The van der Waals surface area contributed by atoms with Gasteiger partial charge < -0.3 is 15.0 Å². The molecule has 2 aliphatic rings. The Balaban J connectivity index is 1.64. The fourth-order valence-electron chi connectivity index (χ4n) is 2.99. The first-order valence-corrected chi connectivity index (χ1v) is 9.35. The Bertz CT molecular complexity index is 820.